The molecule has 0 atom stereocenters. The van der Waals surface area contributed by atoms with Gasteiger partial charge in [0.25, 0.3) is 0 Å². The standard InChI is InChI=1S/C19H21Cl2N/c20-18-9-6-14(12-19(18)21)10-11-22-13-15-4-7-17(8-5-15)16-2-1-3-16/h4-9,12,16,22H,1-3,10-11,13H2. The number of hydrogen-bond acceptors (Lipinski definition) is 1. The molecule has 0 unspecified atom stereocenters. The molecular formula is C19H21Cl2N. The quantitative estimate of drug-likeness (QED) is 0.679. The molecule has 1 aliphatic carbocycles. The van der Waals surface area contributed by atoms with Gasteiger partial charge in [-0.2, -0.15) is 0 Å². The molecule has 0 spiro atoms. The number of benzene rings is 2. The van der Waals surface area contributed by atoms with Crippen LogP contribution in [0.15, 0.2) is 42.5 Å². The second kappa shape index (κ2) is 7.50. The van der Waals surface area contributed by atoms with E-state index in [1.165, 1.54) is 36.0 Å². The molecule has 1 aliphatic rings. The Morgan fingerprint density at radius 3 is 2.27 bits per heavy atom. The average Bonchev–Trinajstić information content (AvgIpc) is 2.47. The van der Waals surface area contributed by atoms with E-state index in [0.717, 1.165) is 25.4 Å². The van der Waals surface area contributed by atoms with Crippen molar-refractivity contribution in [1.82, 2.24) is 5.32 Å². The zero-order valence-electron chi connectivity index (χ0n) is 12.6. The Bertz CT molecular complexity index is 618. The average molecular weight is 334 g/mol. The number of nitrogens with one attached hydrogen (secondary N) is 1. The number of hydrogen-bond donors (Lipinski definition) is 1. The van der Waals surface area contributed by atoms with E-state index >= 15 is 0 Å². The van der Waals surface area contributed by atoms with Crippen LogP contribution in [0.4, 0.5) is 0 Å². The lowest BCUT2D eigenvalue weighted by Crippen LogP contribution is -2.16. The lowest BCUT2D eigenvalue weighted by Gasteiger charge is -2.25. The van der Waals surface area contributed by atoms with Gasteiger partial charge in [0.05, 0.1) is 10.0 Å². The summed E-state index contributed by atoms with van der Waals surface area (Å²) < 4.78 is 0. The van der Waals surface area contributed by atoms with E-state index < -0.39 is 0 Å². The largest absolute Gasteiger partial charge is 0.312 e. The molecule has 0 aromatic heterocycles. The van der Waals surface area contributed by atoms with Crippen LogP contribution < -0.4 is 5.32 Å². The number of rotatable bonds is 6. The van der Waals surface area contributed by atoms with E-state index in [1.54, 1.807) is 0 Å². The summed E-state index contributed by atoms with van der Waals surface area (Å²) in [5.74, 6) is 0.816. The van der Waals surface area contributed by atoms with Crippen LogP contribution in [0.1, 0.15) is 41.9 Å². The second-order valence-corrected chi connectivity index (χ2v) is 6.86. The summed E-state index contributed by atoms with van der Waals surface area (Å²) in [6.45, 7) is 1.84. The van der Waals surface area contributed by atoms with Crippen molar-refractivity contribution in [3.8, 4) is 0 Å². The van der Waals surface area contributed by atoms with Gasteiger partial charge in [0, 0.05) is 6.54 Å². The van der Waals surface area contributed by atoms with Crippen molar-refractivity contribution in [2.45, 2.75) is 38.1 Å². The highest BCUT2D eigenvalue weighted by Gasteiger charge is 2.18. The van der Waals surface area contributed by atoms with E-state index in [1.807, 2.05) is 18.2 Å². The van der Waals surface area contributed by atoms with Crippen molar-refractivity contribution in [3.05, 3.63) is 69.2 Å². The van der Waals surface area contributed by atoms with Crippen LogP contribution in [-0.4, -0.2) is 6.54 Å². The van der Waals surface area contributed by atoms with Crippen molar-refractivity contribution in [2.24, 2.45) is 0 Å². The Kier molecular flexibility index (Phi) is 5.41. The molecule has 3 rings (SSSR count). The third-order valence-electron chi connectivity index (χ3n) is 4.46. The van der Waals surface area contributed by atoms with Crippen LogP contribution in [0.2, 0.25) is 10.0 Å². The van der Waals surface area contributed by atoms with Crippen LogP contribution >= 0.6 is 23.2 Å². The summed E-state index contributed by atoms with van der Waals surface area (Å²) in [7, 11) is 0. The van der Waals surface area contributed by atoms with Gasteiger partial charge in [-0.05, 0) is 60.5 Å². The number of halogens is 2. The Balaban J connectivity index is 1.43. The molecule has 22 heavy (non-hydrogen) atoms. The van der Waals surface area contributed by atoms with E-state index in [4.69, 9.17) is 23.2 Å². The molecule has 1 saturated carbocycles. The maximum atomic E-state index is 6.03. The van der Waals surface area contributed by atoms with Crippen LogP contribution in [0.5, 0.6) is 0 Å². The maximum Gasteiger partial charge on any atom is 0.0595 e. The molecular weight excluding hydrogens is 313 g/mol. The molecule has 0 bridgehead atoms. The van der Waals surface area contributed by atoms with Gasteiger partial charge in [-0.3, -0.25) is 0 Å². The van der Waals surface area contributed by atoms with Crippen LogP contribution in [-0.2, 0) is 13.0 Å². The molecule has 2 aromatic carbocycles. The van der Waals surface area contributed by atoms with Gasteiger partial charge in [0.2, 0.25) is 0 Å². The van der Waals surface area contributed by atoms with Gasteiger partial charge in [0.15, 0.2) is 0 Å². The van der Waals surface area contributed by atoms with Crippen molar-refractivity contribution >= 4 is 23.2 Å². The Morgan fingerprint density at radius 1 is 0.909 bits per heavy atom. The first-order valence-electron chi connectivity index (χ1n) is 7.96. The molecule has 0 heterocycles. The Labute approximate surface area is 142 Å². The zero-order chi connectivity index (χ0) is 15.4. The molecule has 2 aromatic rings. The summed E-state index contributed by atoms with van der Waals surface area (Å²) >= 11 is 12.0. The zero-order valence-corrected chi connectivity index (χ0v) is 14.1. The SMILES string of the molecule is Clc1ccc(CCNCc2ccc(C3CCC3)cc2)cc1Cl. The third-order valence-corrected chi connectivity index (χ3v) is 5.20. The highest BCUT2D eigenvalue weighted by atomic mass is 35.5. The summed E-state index contributed by atoms with van der Waals surface area (Å²) in [5, 5.41) is 4.73. The van der Waals surface area contributed by atoms with E-state index in [9.17, 15) is 0 Å². The molecule has 0 aliphatic heterocycles. The van der Waals surface area contributed by atoms with Crippen molar-refractivity contribution in [1.29, 1.82) is 0 Å². The lowest BCUT2D eigenvalue weighted by atomic mass is 9.80. The van der Waals surface area contributed by atoms with E-state index in [2.05, 4.69) is 29.6 Å². The third kappa shape index (κ3) is 4.04. The molecule has 0 amide bonds. The fourth-order valence-corrected chi connectivity index (χ4v) is 3.13. The fourth-order valence-electron chi connectivity index (χ4n) is 2.81. The van der Waals surface area contributed by atoms with Crippen molar-refractivity contribution < 1.29 is 0 Å². The molecule has 1 N–H and O–H groups in total. The minimum Gasteiger partial charge on any atom is -0.312 e. The van der Waals surface area contributed by atoms with Crippen LogP contribution in [0, 0.1) is 0 Å². The van der Waals surface area contributed by atoms with Crippen molar-refractivity contribution in [3.63, 3.8) is 0 Å². The summed E-state index contributed by atoms with van der Waals surface area (Å²) in [5.41, 5.74) is 4.06. The van der Waals surface area contributed by atoms with E-state index in [-0.39, 0.29) is 0 Å². The van der Waals surface area contributed by atoms with Gasteiger partial charge in [-0.1, -0.05) is 60.0 Å². The predicted octanol–water partition coefficient (Wildman–Crippen LogP) is 5.59. The molecule has 116 valence electrons. The second-order valence-electron chi connectivity index (χ2n) is 6.04. The summed E-state index contributed by atoms with van der Waals surface area (Å²) in [6.07, 6.45) is 5.07. The highest BCUT2D eigenvalue weighted by Crippen LogP contribution is 2.36. The minimum absolute atomic E-state index is 0.616. The maximum absolute atomic E-state index is 6.03. The first-order valence-corrected chi connectivity index (χ1v) is 8.71. The first kappa shape index (κ1) is 15.9. The monoisotopic (exact) mass is 333 g/mol. The molecule has 0 saturated heterocycles. The topological polar surface area (TPSA) is 12.0 Å². The normalized spacial score (nSPS) is 14.8. The van der Waals surface area contributed by atoms with Gasteiger partial charge >= 0.3 is 0 Å². The van der Waals surface area contributed by atoms with Gasteiger partial charge in [-0.25, -0.2) is 0 Å². The lowest BCUT2D eigenvalue weighted by molar-refractivity contribution is 0.419. The predicted molar refractivity (Wildman–Crippen MR) is 94.9 cm³/mol. The van der Waals surface area contributed by atoms with Gasteiger partial charge in [-0.15, -0.1) is 0 Å². The Hall–Kier alpha value is -1.02. The fraction of sp³-hybridized carbons (Fsp3) is 0.368. The first-order chi connectivity index (χ1) is 10.7. The van der Waals surface area contributed by atoms with E-state index in [0.29, 0.717) is 10.0 Å². The smallest absolute Gasteiger partial charge is 0.0595 e. The van der Waals surface area contributed by atoms with Gasteiger partial charge in [0.1, 0.15) is 0 Å². The van der Waals surface area contributed by atoms with Crippen LogP contribution in [0.25, 0.3) is 0 Å². The highest BCUT2D eigenvalue weighted by molar-refractivity contribution is 6.42. The molecule has 1 fully saturated rings. The van der Waals surface area contributed by atoms with Crippen molar-refractivity contribution in [2.75, 3.05) is 6.54 Å². The molecule has 1 nitrogen and oxygen atoms in total. The molecule has 0 radical (unpaired) electrons. The Morgan fingerprint density at radius 2 is 1.64 bits per heavy atom. The van der Waals surface area contributed by atoms with Gasteiger partial charge < -0.3 is 5.32 Å². The summed E-state index contributed by atoms with van der Waals surface area (Å²) in [6, 6.07) is 14.9. The summed E-state index contributed by atoms with van der Waals surface area (Å²) in [4.78, 5) is 0. The van der Waals surface area contributed by atoms with Crippen LogP contribution in [0.3, 0.4) is 0 Å². The molecule has 3 heteroatoms. The minimum atomic E-state index is 0.616.